The Kier molecular flexibility index (Phi) is 7.95. The number of hydrogen-bond acceptors (Lipinski definition) is 4. The van der Waals surface area contributed by atoms with Crippen LogP contribution in [0.15, 0.2) is 0 Å². The summed E-state index contributed by atoms with van der Waals surface area (Å²) in [5.41, 5.74) is 0. The average molecular weight is 237 g/mol. The third-order valence-corrected chi connectivity index (χ3v) is 8.99. The molecule has 0 aliphatic carbocycles. The Morgan fingerprint density at radius 3 is 1.93 bits per heavy atom. The van der Waals surface area contributed by atoms with E-state index in [1.807, 2.05) is 25.1 Å². The normalized spacial score (nSPS) is 15.9. The van der Waals surface area contributed by atoms with Gasteiger partial charge in [-0.2, -0.15) is 11.2 Å². The fourth-order valence-corrected chi connectivity index (χ4v) is 6.39. The van der Waals surface area contributed by atoms with Crippen molar-refractivity contribution in [3.63, 3.8) is 0 Å². The van der Waals surface area contributed by atoms with E-state index >= 15 is 0 Å². The zero-order valence-corrected chi connectivity index (χ0v) is 11.5. The van der Waals surface area contributed by atoms with Crippen molar-refractivity contribution in [1.82, 2.24) is 0 Å². The largest absolute Gasteiger partial charge is 0.354 e. The highest BCUT2D eigenvalue weighted by atomic mass is 32.4. The van der Waals surface area contributed by atoms with Crippen molar-refractivity contribution in [3.05, 3.63) is 0 Å². The molecule has 0 saturated carbocycles. The fraction of sp³-hybridized carbons (Fsp3) is 1.00. The lowest BCUT2D eigenvalue weighted by atomic mass is 10.8. The summed E-state index contributed by atoms with van der Waals surface area (Å²) >= 11 is 1.83. The Morgan fingerprint density at radius 1 is 1.14 bits per heavy atom. The highest BCUT2D eigenvalue weighted by Crippen LogP contribution is 2.25. The summed E-state index contributed by atoms with van der Waals surface area (Å²) in [5, 5.41) is 6.38. The minimum atomic E-state index is -1.92. The van der Waals surface area contributed by atoms with Crippen LogP contribution in [0.4, 0.5) is 0 Å². The van der Waals surface area contributed by atoms with Gasteiger partial charge in [-0.1, -0.05) is 13.8 Å². The standard InChI is InChI=1S/C9H23NO2SSi/c1-5-11-9(12-6-2)14(10,8-4)13-7-3/h9H,5-8,10H2,1-4H3. The molecule has 0 saturated heterocycles. The zero-order chi connectivity index (χ0) is 11.0. The smallest absolute Gasteiger partial charge is 0.248 e. The predicted octanol–water partition coefficient (Wildman–Crippen LogP) is 2.10. The van der Waals surface area contributed by atoms with E-state index in [0.29, 0.717) is 13.2 Å². The number of ether oxygens (including phenoxy) is 2. The van der Waals surface area contributed by atoms with E-state index in [2.05, 4.69) is 13.8 Å². The molecule has 1 atom stereocenters. The lowest BCUT2D eigenvalue weighted by Crippen LogP contribution is -2.56. The highest BCUT2D eigenvalue weighted by molar-refractivity contribution is 8.28. The van der Waals surface area contributed by atoms with Crippen molar-refractivity contribution in [3.8, 4) is 0 Å². The Labute approximate surface area is 92.5 Å². The van der Waals surface area contributed by atoms with Gasteiger partial charge in [0, 0.05) is 13.2 Å². The summed E-state index contributed by atoms with van der Waals surface area (Å²) in [6.07, 6.45) is 0. The minimum Gasteiger partial charge on any atom is -0.354 e. The molecule has 86 valence electrons. The van der Waals surface area contributed by atoms with Gasteiger partial charge in [0.1, 0.15) is 0 Å². The summed E-state index contributed by atoms with van der Waals surface area (Å²) in [6, 6.07) is 0.982. The van der Waals surface area contributed by atoms with E-state index in [1.165, 1.54) is 0 Å². The molecule has 0 heterocycles. The van der Waals surface area contributed by atoms with Crippen LogP contribution in [0.2, 0.25) is 6.04 Å². The van der Waals surface area contributed by atoms with E-state index in [0.717, 1.165) is 11.8 Å². The van der Waals surface area contributed by atoms with E-state index in [1.54, 1.807) is 0 Å². The predicted molar refractivity (Wildman–Crippen MR) is 65.6 cm³/mol. The van der Waals surface area contributed by atoms with Crippen molar-refractivity contribution in [2.24, 2.45) is 5.40 Å². The minimum absolute atomic E-state index is 0.160. The highest BCUT2D eigenvalue weighted by Gasteiger charge is 2.38. The second-order valence-corrected chi connectivity index (χ2v) is 10.1. The summed E-state index contributed by atoms with van der Waals surface area (Å²) in [7, 11) is -1.92. The molecule has 0 aromatic heterocycles. The van der Waals surface area contributed by atoms with Crippen LogP contribution in [0.3, 0.4) is 0 Å². The molecular formula is C9H23NO2SSi. The number of rotatable bonds is 8. The van der Waals surface area contributed by atoms with Gasteiger partial charge in [0.15, 0.2) is 5.91 Å². The fourth-order valence-electron chi connectivity index (χ4n) is 1.24. The first kappa shape index (κ1) is 14.4. The van der Waals surface area contributed by atoms with Crippen molar-refractivity contribution in [2.45, 2.75) is 39.7 Å². The molecule has 0 bridgehead atoms. The van der Waals surface area contributed by atoms with Crippen LogP contribution < -0.4 is 5.40 Å². The van der Waals surface area contributed by atoms with Crippen LogP contribution in [0, 0.1) is 0 Å². The molecule has 3 nitrogen and oxygen atoms in total. The summed E-state index contributed by atoms with van der Waals surface area (Å²) in [4.78, 5) is 0. The molecule has 0 spiro atoms. The Hall–Kier alpha value is 0.447. The first-order valence-corrected chi connectivity index (χ1v) is 9.37. The van der Waals surface area contributed by atoms with Gasteiger partial charge >= 0.3 is 0 Å². The maximum Gasteiger partial charge on any atom is 0.248 e. The van der Waals surface area contributed by atoms with Gasteiger partial charge in [-0.15, -0.1) is 0 Å². The van der Waals surface area contributed by atoms with Crippen LogP contribution in [-0.2, 0) is 9.47 Å². The topological polar surface area (TPSA) is 44.5 Å². The monoisotopic (exact) mass is 237 g/mol. The molecule has 1 unspecified atom stereocenters. The molecule has 0 rings (SSSR count). The second-order valence-electron chi connectivity index (χ2n) is 2.98. The number of nitrogens with two attached hydrogens (primary N) is 1. The van der Waals surface area contributed by atoms with Crippen molar-refractivity contribution < 1.29 is 9.47 Å². The van der Waals surface area contributed by atoms with E-state index in [-0.39, 0.29) is 5.91 Å². The molecule has 5 heteroatoms. The van der Waals surface area contributed by atoms with Gasteiger partial charge in [0.05, 0.1) is 0 Å². The SMILES string of the molecule is CCOC(OCC)[Si](N)(CC)SCC. The van der Waals surface area contributed by atoms with Crippen LogP contribution in [-0.4, -0.2) is 32.3 Å². The first-order chi connectivity index (χ1) is 6.64. The van der Waals surface area contributed by atoms with Crippen molar-refractivity contribution >= 4 is 18.6 Å². The molecule has 0 aliphatic rings. The Morgan fingerprint density at radius 2 is 1.64 bits per heavy atom. The van der Waals surface area contributed by atoms with Crippen LogP contribution in [0.25, 0.3) is 0 Å². The van der Waals surface area contributed by atoms with Gasteiger partial charge in [-0.3, -0.25) is 0 Å². The molecule has 2 N–H and O–H groups in total. The third-order valence-electron chi connectivity index (χ3n) is 2.00. The average Bonchev–Trinajstić information content (AvgIpc) is 2.18. The van der Waals surface area contributed by atoms with E-state index in [4.69, 9.17) is 14.9 Å². The van der Waals surface area contributed by atoms with E-state index in [9.17, 15) is 0 Å². The first-order valence-electron chi connectivity index (χ1n) is 5.30. The molecule has 0 fully saturated rings. The van der Waals surface area contributed by atoms with Gasteiger partial charge in [0.2, 0.25) is 7.38 Å². The maximum atomic E-state index is 6.38. The van der Waals surface area contributed by atoms with Crippen LogP contribution in [0.1, 0.15) is 27.7 Å². The van der Waals surface area contributed by atoms with Crippen molar-refractivity contribution in [1.29, 1.82) is 0 Å². The summed E-state index contributed by atoms with van der Waals surface area (Å²) in [6.45, 7) is 9.55. The zero-order valence-electron chi connectivity index (χ0n) is 9.71. The molecule has 0 radical (unpaired) electrons. The summed E-state index contributed by atoms with van der Waals surface area (Å²) < 4.78 is 11.2. The van der Waals surface area contributed by atoms with Crippen molar-refractivity contribution in [2.75, 3.05) is 19.0 Å². The molecular weight excluding hydrogens is 214 g/mol. The van der Waals surface area contributed by atoms with Crippen LogP contribution >= 0.6 is 11.2 Å². The quantitative estimate of drug-likeness (QED) is 0.519. The maximum absolute atomic E-state index is 6.38. The van der Waals surface area contributed by atoms with Gasteiger partial charge < -0.3 is 14.9 Å². The Balaban J connectivity index is 4.37. The van der Waals surface area contributed by atoms with E-state index < -0.39 is 7.38 Å². The van der Waals surface area contributed by atoms with Gasteiger partial charge in [-0.05, 0) is 25.6 Å². The molecule has 0 aromatic rings. The third kappa shape index (κ3) is 4.31. The lowest BCUT2D eigenvalue weighted by molar-refractivity contribution is -0.0868. The van der Waals surface area contributed by atoms with Crippen LogP contribution in [0.5, 0.6) is 0 Å². The molecule has 0 aliphatic heterocycles. The molecule has 14 heavy (non-hydrogen) atoms. The number of hydrogen-bond donors (Lipinski definition) is 1. The van der Waals surface area contributed by atoms with Gasteiger partial charge in [0.25, 0.3) is 0 Å². The Bertz CT molecular complexity index is 145. The lowest BCUT2D eigenvalue weighted by Gasteiger charge is -2.32. The molecule has 0 aromatic carbocycles. The van der Waals surface area contributed by atoms with Gasteiger partial charge in [-0.25, -0.2) is 0 Å². The summed E-state index contributed by atoms with van der Waals surface area (Å²) in [5.74, 6) is 0.875. The second kappa shape index (κ2) is 7.70. The molecule has 0 amide bonds.